The van der Waals surface area contributed by atoms with Crippen LogP contribution in [0.5, 0.6) is 0 Å². The van der Waals surface area contributed by atoms with Crippen molar-refractivity contribution in [3.8, 4) is 0 Å². The number of benzene rings is 2. The van der Waals surface area contributed by atoms with Gasteiger partial charge in [0.25, 0.3) is 0 Å². The standard InChI is InChI=1S/C15H16BrN/c16-14-9-5-4-6-12(14)10-11-15(17)13-7-2-1-3-8-13/h1-9,15H,10-11,17H2. The van der Waals surface area contributed by atoms with Gasteiger partial charge in [0.1, 0.15) is 0 Å². The van der Waals surface area contributed by atoms with Gasteiger partial charge < -0.3 is 5.73 Å². The molecule has 0 saturated carbocycles. The quantitative estimate of drug-likeness (QED) is 0.902. The highest BCUT2D eigenvalue weighted by molar-refractivity contribution is 9.10. The maximum absolute atomic E-state index is 6.18. The summed E-state index contributed by atoms with van der Waals surface area (Å²) in [4.78, 5) is 0. The molecule has 2 aromatic rings. The molecule has 0 heterocycles. The van der Waals surface area contributed by atoms with E-state index in [0.29, 0.717) is 0 Å². The molecule has 2 aromatic carbocycles. The van der Waals surface area contributed by atoms with Gasteiger partial charge in [0.15, 0.2) is 0 Å². The highest BCUT2D eigenvalue weighted by Gasteiger charge is 2.06. The molecule has 0 bridgehead atoms. The molecule has 1 nitrogen and oxygen atoms in total. The van der Waals surface area contributed by atoms with Crippen molar-refractivity contribution >= 4 is 15.9 Å². The van der Waals surface area contributed by atoms with Crippen LogP contribution in [0.3, 0.4) is 0 Å². The Kier molecular flexibility index (Phi) is 4.35. The molecule has 0 spiro atoms. The van der Waals surface area contributed by atoms with Crippen LogP contribution in [0.25, 0.3) is 0 Å². The van der Waals surface area contributed by atoms with Crippen LogP contribution in [0.15, 0.2) is 59.1 Å². The van der Waals surface area contributed by atoms with Gasteiger partial charge in [0, 0.05) is 10.5 Å². The molecule has 0 radical (unpaired) electrons. The second-order valence-electron chi connectivity index (χ2n) is 4.15. The fourth-order valence-electron chi connectivity index (χ4n) is 1.88. The van der Waals surface area contributed by atoms with Gasteiger partial charge in [-0.1, -0.05) is 64.5 Å². The maximum atomic E-state index is 6.18. The van der Waals surface area contributed by atoms with Crippen LogP contribution in [-0.2, 0) is 6.42 Å². The van der Waals surface area contributed by atoms with Gasteiger partial charge in [0.05, 0.1) is 0 Å². The van der Waals surface area contributed by atoms with Gasteiger partial charge in [0.2, 0.25) is 0 Å². The first-order valence-electron chi connectivity index (χ1n) is 5.81. The van der Waals surface area contributed by atoms with Gasteiger partial charge in [-0.2, -0.15) is 0 Å². The van der Waals surface area contributed by atoms with Crippen LogP contribution in [0, 0.1) is 0 Å². The molecule has 1 atom stereocenters. The van der Waals surface area contributed by atoms with E-state index in [1.807, 2.05) is 24.3 Å². The highest BCUT2D eigenvalue weighted by Crippen LogP contribution is 2.21. The average molecular weight is 290 g/mol. The second-order valence-corrected chi connectivity index (χ2v) is 5.00. The van der Waals surface area contributed by atoms with E-state index in [9.17, 15) is 0 Å². The molecule has 0 aliphatic heterocycles. The van der Waals surface area contributed by atoms with Crippen molar-refractivity contribution in [3.05, 3.63) is 70.2 Å². The van der Waals surface area contributed by atoms with Crippen LogP contribution in [0.4, 0.5) is 0 Å². The van der Waals surface area contributed by atoms with Crippen molar-refractivity contribution < 1.29 is 0 Å². The van der Waals surface area contributed by atoms with Gasteiger partial charge in [-0.05, 0) is 30.0 Å². The zero-order chi connectivity index (χ0) is 12.1. The number of aryl methyl sites for hydroxylation is 1. The van der Waals surface area contributed by atoms with E-state index in [0.717, 1.165) is 12.8 Å². The SMILES string of the molecule is NC(CCc1ccccc1Br)c1ccccc1. The average Bonchev–Trinajstić information content (AvgIpc) is 2.38. The summed E-state index contributed by atoms with van der Waals surface area (Å²) in [6, 6.07) is 18.7. The first-order chi connectivity index (χ1) is 8.27. The molecule has 0 amide bonds. The van der Waals surface area contributed by atoms with Crippen molar-refractivity contribution in [2.45, 2.75) is 18.9 Å². The Bertz CT molecular complexity index is 467. The second kappa shape index (κ2) is 5.99. The number of rotatable bonds is 4. The molecule has 0 fully saturated rings. The smallest absolute Gasteiger partial charge is 0.0298 e. The molecule has 0 aliphatic carbocycles. The number of nitrogens with two attached hydrogens (primary N) is 1. The predicted octanol–water partition coefficient (Wildman–Crippen LogP) is 4.08. The topological polar surface area (TPSA) is 26.0 Å². The van der Waals surface area contributed by atoms with Gasteiger partial charge in [-0.15, -0.1) is 0 Å². The minimum atomic E-state index is 0.114. The van der Waals surface area contributed by atoms with Crippen molar-refractivity contribution in [2.24, 2.45) is 5.73 Å². The van der Waals surface area contributed by atoms with E-state index in [1.54, 1.807) is 0 Å². The molecule has 0 aliphatic rings. The fraction of sp³-hybridized carbons (Fsp3) is 0.200. The van der Waals surface area contributed by atoms with E-state index in [4.69, 9.17) is 5.73 Å². The summed E-state index contributed by atoms with van der Waals surface area (Å²) in [5.41, 5.74) is 8.70. The molecular formula is C15H16BrN. The lowest BCUT2D eigenvalue weighted by molar-refractivity contribution is 0.650. The Morgan fingerprint density at radius 2 is 1.59 bits per heavy atom. The van der Waals surface area contributed by atoms with Gasteiger partial charge in [-0.3, -0.25) is 0 Å². The third kappa shape index (κ3) is 3.42. The lowest BCUT2D eigenvalue weighted by Crippen LogP contribution is -2.11. The lowest BCUT2D eigenvalue weighted by atomic mass is 10.00. The maximum Gasteiger partial charge on any atom is 0.0298 e. The summed E-state index contributed by atoms with van der Waals surface area (Å²) in [7, 11) is 0. The van der Waals surface area contributed by atoms with Crippen LogP contribution >= 0.6 is 15.9 Å². The summed E-state index contributed by atoms with van der Waals surface area (Å²) >= 11 is 3.56. The normalized spacial score (nSPS) is 12.4. The molecule has 88 valence electrons. The van der Waals surface area contributed by atoms with E-state index in [2.05, 4.69) is 46.3 Å². The Morgan fingerprint density at radius 3 is 2.29 bits per heavy atom. The fourth-order valence-corrected chi connectivity index (χ4v) is 2.36. The molecule has 0 saturated heterocycles. The number of hydrogen-bond donors (Lipinski definition) is 1. The highest BCUT2D eigenvalue weighted by atomic mass is 79.9. The first kappa shape index (κ1) is 12.3. The Labute approximate surface area is 111 Å². The molecule has 17 heavy (non-hydrogen) atoms. The molecule has 1 unspecified atom stereocenters. The number of halogens is 1. The molecule has 2 rings (SSSR count). The third-order valence-corrected chi connectivity index (χ3v) is 3.68. The van der Waals surface area contributed by atoms with Crippen molar-refractivity contribution in [1.82, 2.24) is 0 Å². The minimum absolute atomic E-state index is 0.114. The largest absolute Gasteiger partial charge is 0.324 e. The van der Waals surface area contributed by atoms with E-state index in [-0.39, 0.29) is 6.04 Å². The van der Waals surface area contributed by atoms with E-state index >= 15 is 0 Å². The lowest BCUT2D eigenvalue weighted by Gasteiger charge is -2.12. The minimum Gasteiger partial charge on any atom is -0.324 e. The predicted molar refractivity (Wildman–Crippen MR) is 75.8 cm³/mol. The third-order valence-electron chi connectivity index (χ3n) is 2.91. The molecule has 2 heteroatoms. The van der Waals surface area contributed by atoms with Crippen LogP contribution < -0.4 is 5.73 Å². The summed E-state index contributed by atoms with van der Waals surface area (Å²) in [6.45, 7) is 0. The Hall–Kier alpha value is -1.12. The van der Waals surface area contributed by atoms with Crippen molar-refractivity contribution in [1.29, 1.82) is 0 Å². The van der Waals surface area contributed by atoms with Gasteiger partial charge in [-0.25, -0.2) is 0 Å². The molecule has 2 N–H and O–H groups in total. The Morgan fingerprint density at radius 1 is 0.941 bits per heavy atom. The van der Waals surface area contributed by atoms with Crippen molar-refractivity contribution in [2.75, 3.05) is 0 Å². The summed E-state index contributed by atoms with van der Waals surface area (Å²) < 4.78 is 1.17. The summed E-state index contributed by atoms with van der Waals surface area (Å²) in [5, 5.41) is 0. The van der Waals surface area contributed by atoms with Gasteiger partial charge >= 0.3 is 0 Å². The van der Waals surface area contributed by atoms with E-state index in [1.165, 1.54) is 15.6 Å². The Balaban J connectivity index is 1.97. The zero-order valence-electron chi connectivity index (χ0n) is 9.64. The summed E-state index contributed by atoms with van der Waals surface area (Å²) in [6.07, 6.45) is 1.96. The first-order valence-corrected chi connectivity index (χ1v) is 6.60. The zero-order valence-corrected chi connectivity index (χ0v) is 11.2. The number of hydrogen-bond acceptors (Lipinski definition) is 1. The van der Waals surface area contributed by atoms with E-state index < -0.39 is 0 Å². The van der Waals surface area contributed by atoms with Crippen molar-refractivity contribution in [3.63, 3.8) is 0 Å². The van der Waals surface area contributed by atoms with Crippen LogP contribution in [-0.4, -0.2) is 0 Å². The molecular weight excluding hydrogens is 274 g/mol. The monoisotopic (exact) mass is 289 g/mol. The van der Waals surface area contributed by atoms with Crippen LogP contribution in [0.2, 0.25) is 0 Å². The molecule has 0 aromatic heterocycles. The summed E-state index contributed by atoms with van der Waals surface area (Å²) in [5.74, 6) is 0. The van der Waals surface area contributed by atoms with Crippen LogP contribution in [0.1, 0.15) is 23.6 Å².